The van der Waals surface area contributed by atoms with Crippen LogP contribution in [0.2, 0.25) is 0 Å². The summed E-state index contributed by atoms with van der Waals surface area (Å²) in [6, 6.07) is 0. The largest absolute Gasteiger partial charge is 0.481 e. The fourth-order valence-corrected chi connectivity index (χ4v) is 5.46. The highest BCUT2D eigenvalue weighted by Gasteiger charge is 2.73. The van der Waals surface area contributed by atoms with Gasteiger partial charge in [-0.15, -0.1) is 6.58 Å². The van der Waals surface area contributed by atoms with E-state index in [1.165, 1.54) is 0 Å². The van der Waals surface area contributed by atoms with Crippen molar-refractivity contribution in [3.63, 3.8) is 0 Å². The third kappa shape index (κ3) is 2.08. The Morgan fingerprint density at radius 1 is 1.20 bits per heavy atom. The second-order valence-electron chi connectivity index (χ2n) is 8.87. The van der Waals surface area contributed by atoms with Gasteiger partial charge in [0.1, 0.15) is 11.0 Å². The van der Waals surface area contributed by atoms with Crippen molar-refractivity contribution in [1.29, 1.82) is 0 Å². The van der Waals surface area contributed by atoms with Crippen LogP contribution in [0, 0.1) is 22.2 Å². The summed E-state index contributed by atoms with van der Waals surface area (Å²) < 4.78 is 0. The molecule has 0 spiro atoms. The molecule has 0 unspecified atom stereocenters. The summed E-state index contributed by atoms with van der Waals surface area (Å²) in [6.07, 6.45) is 5.35. The summed E-state index contributed by atoms with van der Waals surface area (Å²) in [7, 11) is 0. The van der Waals surface area contributed by atoms with Crippen LogP contribution in [0.4, 0.5) is 0 Å². The van der Waals surface area contributed by atoms with Crippen molar-refractivity contribution in [2.24, 2.45) is 22.2 Å². The molecular formula is C20H26O5. The van der Waals surface area contributed by atoms with Crippen molar-refractivity contribution in [2.75, 3.05) is 0 Å². The molecule has 0 heterocycles. The van der Waals surface area contributed by atoms with E-state index in [0.29, 0.717) is 19.3 Å². The maximum absolute atomic E-state index is 13.0. The van der Waals surface area contributed by atoms with E-state index in [0.717, 1.165) is 0 Å². The zero-order valence-electron chi connectivity index (χ0n) is 15.1. The zero-order valence-corrected chi connectivity index (χ0v) is 15.1. The van der Waals surface area contributed by atoms with E-state index < -0.39 is 45.3 Å². The highest BCUT2D eigenvalue weighted by molar-refractivity contribution is 6.46. The first-order chi connectivity index (χ1) is 11.5. The number of hydrogen-bond acceptors (Lipinski definition) is 4. The molecule has 0 aromatic rings. The average Bonchev–Trinajstić information content (AvgIpc) is 2.53. The monoisotopic (exact) mass is 346 g/mol. The van der Waals surface area contributed by atoms with E-state index in [4.69, 9.17) is 0 Å². The maximum atomic E-state index is 13.0. The number of Topliss-reactive ketones (excluding diaryl/α,β-unsaturated/α-hetero) is 2. The quantitative estimate of drug-likeness (QED) is 0.592. The predicted molar refractivity (Wildman–Crippen MR) is 91.8 cm³/mol. The molecule has 25 heavy (non-hydrogen) atoms. The van der Waals surface area contributed by atoms with Gasteiger partial charge in [-0.2, -0.15) is 0 Å². The Hall–Kier alpha value is -1.75. The van der Waals surface area contributed by atoms with Crippen LogP contribution in [0.15, 0.2) is 24.3 Å². The highest BCUT2D eigenvalue weighted by atomic mass is 16.4. The molecule has 5 nitrogen and oxygen atoms in total. The van der Waals surface area contributed by atoms with Gasteiger partial charge in [0, 0.05) is 11.0 Å². The van der Waals surface area contributed by atoms with Crippen LogP contribution in [-0.2, 0) is 14.4 Å². The molecule has 0 aromatic carbocycles. The van der Waals surface area contributed by atoms with Gasteiger partial charge in [-0.3, -0.25) is 14.4 Å². The molecule has 0 saturated heterocycles. The summed E-state index contributed by atoms with van der Waals surface area (Å²) in [4.78, 5) is 38.3. The second-order valence-corrected chi connectivity index (χ2v) is 8.87. The lowest BCUT2D eigenvalue weighted by atomic mass is 9.42. The smallest absolute Gasteiger partial charge is 0.313 e. The van der Waals surface area contributed by atoms with Crippen molar-refractivity contribution in [3.05, 3.63) is 24.3 Å². The van der Waals surface area contributed by atoms with Crippen LogP contribution < -0.4 is 0 Å². The van der Waals surface area contributed by atoms with Crippen molar-refractivity contribution in [3.8, 4) is 0 Å². The zero-order chi connectivity index (χ0) is 18.8. The Kier molecular flexibility index (Phi) is 3.71. The van der Waals surface area contributed by atoms with Crippen molar-refractivity contribution >= 4 is 17.5 Å². The maximum Gasteiger partial charge on any atom is 0.313 e. The van der Waals surface area contributed by atoms with E-state index >= 15 is 0 Å². The molecule has 5 heteroatoms. The van der Waals surface area contributed by atoms with Crippen LogP contribution in [0.3, 0.4) is 0 Å². The van der Waals surface area contributed by atoms with Crippen molar-refractivity contribution in [1.82, 2.24) is 0 Å². The minimum absolute atomic E-state index is 0.0394. The predicted octanol–water partition coefficient (Wildman–Crippen LogP) is 2.68. The summed E-state index contributed by atoms with van der Waals surface area (Å²) >= 11 is 0. The number of aliphatic carboxylic acids is 1. The third-order valence-electron chi connectivity index (χ3n) is 6.93. The van der Waals surface area contributed by atoms with E-state index in [1.807, 2.05) is 20.8 Å². The number of allylic oxidation sites excluding steroid dienone is 2. The van der Waals surface area contributed by atoms with E-state index in [-0.39, 0.29) is 18.4 Å². The lowest BCUT2D eigenvalue weighted by molar-refractivity contribution is -0.202. The molecule has 3 aliphatic carbocycles. The van der Waals surface area contributed by atoms with Crippen LogP contribution >= 0.6 is 0 Å². The average molecular weight is 346 g/mol. The van der Waals surface area contributed by atoms with Gasteiger partial charge in [0.2, 0.25) is 11.6 Å². The molecule has 0 aliphatic heterocycles. The highest BCUT2D eigenvalue weighted by Crippen LogP contribution is 2.64. The summed E-state index contributed by atoms with van der Waals surface area (Å²) in [5.41, 5.74) is -4.68. The molecule has 0 bridgehead atoms. The molecule has 2 fully saturated rings. The minimum atomic E-state index is -1.81. The number of carbonyl (C=O) groups is 3. The molecule has 0 radical (unpaired) electrons. The third-order valence-corrected chi connectivity index (χ3v) is 6.93. The Bertz CT molecular complexity index is 718. The number of hydrogen-bond donors (Lipinski definition) is 2. The van der Waals surface area contributed by atoms with Gasteiger partial charge in [0.25, 0.3) is 0 Å². The second kappa shape index (κ2) is 5.13. The molecule has 0 amide bonds. The normalized spacial score (nSPS) is 42.9. The number of carboxylic acid groups (broad SMARTS) is 1. The van der Waals surface area contributed by atoms with Crippen LogP contribution in [0.5, 0.6) is 0 Å². The van der Waals surface area contributed by atoms with Crippen LogP contribution in [-0.4, -0.2) is 33.3 Å². The lowest BCUT2D eigenvalue weighted by Crippen LogP contribution is -2.70. The molecular weight excluding hydrogens is 320 g/mol. The SMILES string of the molecule is C=C[C@]1(C)C=C2C(=O)C(=O)[C@H]3C(C)(C)CCC[C@]3(C(=O)O)[C@@]2(O)CC1. The van der Waals surface area contributed by atoms with Gasteiger partial charge >= 0.3 is 5.97 Å². The molecule has 3 aliphatic rings. The Morgan fingerprint density at radius 3 is 2.40 bits per heavy atom. The van der Waals surface area contributed by atoms with Crippen molar-refractivity contribution < 1.29 is 24.6 Å². The Morgan fingerprint density at radius 2 is 1.84 bits per heavy atom. The van der Waals surface area contributed by atoms with Gasteiger partial charge in [0.15, 0.2) is 0 Å². The van der Waals surface area contributed by atoms with Gasteiger partial charge in [-0.05, 0) is 31.1 Å². The molecule has 2 saturated carbocycles. The minimum Gasteiger partial charge on any atom is -0.481 e. The topological polar surface area (TPSA) is 91.7 Å². The van der Waals surface area contributed by atoms with Gasteiger partial charge < -0.3 is 10.2 Å². The number of carbonyl (C=O) groups excluding carboxylic acids is 2. The summed E-state index contributed by atoms with van der Waals surface area (Å²) in [5.74, 6) is -3.58. The fourth-order valence-electron chi connectivity index (χ4n) is 5.46. The van der Waals surface area contributed by atoms with E-state index in [9.17, 15) is 24.6 Å². The van der Waals surface area contributed by atoms with Gasteiger partial charge in [0.05, 0.1) is 5.92 Å². The lowest BCUT2D eigenvalue weighted by Gasteiger charge is -2.60. The number of carboxylic acids is 1. The molecule has 2 N–H and O–H groups in total. The Balaban J connectivity index is 2.32. The Labute approximate surface area is 147 Å². The first kappa shape index (κ1) is 18.1. The van der Waals surface area contributed by atoms with E-state index in [2.05, 4.69) is 6.58 Å². The van der Waals surface area contributed by atoms with Crippen LogP contribution in [0.1, 0.15) is 52.9 Å². The van der Waals surface area contributed by atoms with Gasteiger partial charge in [-0.25, -0.2) is 0 Å². The molecule has 0 aromatic heterocycles. The molecule has 136 valence electrons. The summed E-state index contributed by atoms with van der Waals surface area (Å²) in [6.45, 7) is 9.30. The summed E-state index contributed by atoms with van der Waals surface area (Å²) in [5, 5.41) is 21.8. The van der Waals surface area contributed by atoms with E-state index in [1.54, 1.807) is 12.2 Å². The number of fused-ring (bicyclic) bond motifs is 3. The molecule has 3 rings (SSSR count). The van der Waals surface area contributed by atoms with Gasteiger partial charge in [-0.1, -0.05) is 39.3 Å². The number of rotatable bonds is 2. The molecule has 4 atom stereocenters. The number of ketones is 2. The first-order valence-corrected chi connectivity index (χ1v) is 8.86. The first-order valence-electron chi connectivity index (χ1n) is 8.86. The standard InChI is InChI=1S/C20H26O5/c1-5-18(4)9-10-20(25)12(11-18)13(21)14(22)15-17(2,3)7-6-8-19(15,20)16(23)24/h5,11,15,25H,1,6-10H2,2-4H3,(H,23,24)/t15-,18-,19-,20+/m0/s1. The van der Waals surface area contributed by atoms with Crippen LogP contribution in [0.25, 0.3) is 0 Å². The van der Waals surface area contributed by atoms with Crippen molar-refractivity contribution in [2.45, 2.75) is 58.5 Å². The number of aliphatic hydroxyl groups is 1. The fraction of sp³-hybridized carbons (Fsp3) is 0.650.